The average Bonchev–Trinajstić information content (AvgIpc) is 3.22. The molecule has 180 valence electrons. The van der Waals surface area contributed by atoms with Crippen LogP contribution in [0.3, 0.4) is 0 Å². The van der Waals surface area contributed by atoms with Gasteiger partial charge in [0, 0.05) is 35.8 Å². The minimum Gasteiger partial charge on any atom is -0.507 e. The summed E-state index contributed by atoms with van der Waals surface area (Å²) in [6.07, 6.45) is 3.61. The fraction of sp³-hybridized carbons (Fsp3) is 0.241. The molecule has 0 saturated heterocycles. The van der Waals surface area contributed by atoms with E-state index in [1.807, 2.05) is 56.3 Å². The van der Waals surface area contributed by atoms with E-state index >= 15 is 0 Å². The summed E-state index contributed by atoms with van der Waals surface area (Å²) in [4.78, 5) is 24.1. The number of para-hydroxylation sites is 1. The molecule has 35 heavy (non-hydrogen) atoms. The lowest BCUT2D eigenvalue weighted by Crippen LogP contribution is -2.25. The number of nitrogens with zero attached hydrogens (tertiary/aromatic N) is 1. The molecule has 0 fully saturated rings. The molecule has 3 aromatic carbocycles. The van der Waals surface area contributed by atoms with Crippen LogP contribution in [0.25, 0.3) is 22.0 Å². The van der Waals surface area contributed by atoms with Gasteiger partial charge in [0.25, 0.3) is 5.91 Å². The van der Waals surface area contributed by atoms with Crippen LogP contribution in [0, 0.1) is 0 Å². The summed E-state index contributed by atoms with van der Waals surface area (Å²) in [5.41, 5.74) is 4.32. The van der Waals surface area contributed by atoms with Crippen molar-refractivity contribution in [3.63, 3.8) is 0 Å². The van der Waals surface area contributed by atoms with Crippen LogP contribution in [-0.2, 0) is 6.54 Å². The van der Waals surface area contributed by atoms with Gasteiger partial charge in [-0.2, -0.15) is 0 Å². The zero-order valence-electron chi connectivity index (χ0n) is 20.0. The highest BCUT2D eigenvalue weighted by atomic mass is 16.4. The van der Waals surface area contributed by atoms with Crippen LogP contribution >= 0.6 is 0 Å². The number of aromatic nitrogens is 1. The van der Waals surface area contributed by atoms with Gasteiger partial charge in [0.05, 0.1) is 11.1 Å². The van der Waals surface area contributed by atoms with Gasteiger partial charge >= 0.3 is 5.97 Å². The van der Waals surface area contributed by atoms with Crippen LogP contribution in [-0.4, -0.2) is 33.2 Å². The van der Waals surface area contributed by atoms with E-state index in [-0.39, 0.29) is 23.1 Å². The van der Waals surface area contributed by atoms with Crippen molar-refractivity contribution in [2.75, 3.05) is 6.54 Å². The standard InChI is InChI=1S/C29H30N2O4/c1-19(2)22-11-8-12-24(27(22)32)28(33)30-15-6-7-16-31-18-25(20-9-4-3-5-10-20)23-14-13-21(29(34)35)17-26(23)31/h3-5,8-14,17-19,32H,6-7,15-16H2,1-2H3,(H,30,33)(H,34,35). The third kappa shape index (κ3) is 5.22. The molecule has 6 nitrogen and oxygen atoms in total. The van der Waals surface area contributed by atoms with Gasteiger partial charge < -0.3 is 20.1 Å². The summed E-state index contributed by atoms with van der Waals surface area (Å²) in [6, 6.07) is 20.5. The SMILES string of the molecule is CC(C)c1cccc(C(=O)NCCCCn2cc(-c3ccccc3)c3ccc(C(=O)O)cc32)c1O. The van der Waals surface area contributed by atoms with Crippen molar-refractivity contribution in [2.45, 2.75) is 39.2 Å². The number of nitrogens with one attached hydrogen (secondary N) is 1. The van der Waals surface area contributed by atoms with E-state index in [9.17, 15) is 19.8 Å². The van der Waals surface area contributed by atoms with E-state index in [0.29, 0.717) is 18.7 Å². The average molecular weight is 471 g/mol. The van der Waals surface area contributed by atoms with E-state index in [2.05, 4.69) is 16.1 Å². The molecular formula is C29H30N2O4. The first-order valence-electron chi connectivity index (χ1n) is 11.9. The highest BCUT2D eigenvalue weighted by Crippen LogP contribution is 2.32. The van der Waals surface area contributed by atoms with Crippen LogP contribution in [0.15, 0.2) is 72.9 Å². The highest BCUT2D eigenvalue weighted by molar-refractivity contribution is 6.00. The Morgan fingerprint density at radius 3 is 2.46 bits per heavy atom. The normalized spacial score (nSPS) is 11.2. The number of unbranched alkanes of at least 4 members (excludes halogenated alkanes) is 1. The first kappa shape index (κ1) is 24.1. The Balaban J connectivity index is 1.44. The van der Waals surface area contributed by atoms with Gasteiger partial charge in [-0.25, -0.2) is 4.79 Å². The molecule has 0 radical (unpaired) electrons. The molecule has 0 atom stereocenters. The van der Waals surface area contributed by atoms with E-state index < -0.39 is 5.97 Å². The van der Waals surface area contributed by atoms with Crippen molar-refractivity contribution in [1.82, 2.24) is 9.88 Å². The van der Waals surface area contributed by atoms with Crippen molar-refractivity contribution in [1.29, 1.82) is 0 Å². The second kappa shape index (κ2) is 10.5. The number of carbonyl (C=O) groups is 2. The number of phenolic OH excluding ortho intramolecular Hbond substituents is 1. The molecule has 0 spiro atoms. The molecule has 0 bridgehead atoms. The first-order valence-corrected chi connectivity index (χ1v) is 11.9. The van der Waals surface area contributed by atoms with Gasteiger partial charge in [-0.3, -0.25) is 4.79 Å². The zero-order chi connectivity index (χ0) is 24.9. The number of aryl methyl sites for hydroxylation is 1. The molecule has 0 unspecified atom stereocenters. The summed E-state index contributed by atoms with van der Waals surface area (Å²) < 4.78 is 2.09. The number of benzene rings is 3. The molecule has 0 aliphatic heterocycles. The molecule has 1 aromatic heterocycles. The number of hydrogen-bond donors (Lipinski definition) is 3. The topological polar surface area (TPSA) is 91.6 Å². The largest absolute Gasteiger partial charge is 0.507 e. The van der Waals surface area contributed by atoms with Crippen LogP contribution in [0.4, 0.5) is 0 Å². The molecule has 0 aliphatic rings. The lowest BCUT2D eigenvalue weighted by atomic mass is 9.99. The number of aromatic carboxylic acids is 1. The summed E-state index contributed by atoms with van der Waals surface area (Å²) in [5, 5.41) is 23.8. The molecular weight excluding hydrogens is 440 g/mol. The maximum Gasteiger partial charge on any atom is 0.335 e. The summed E-state index contributed by atoms with van der Waals surface area (Å²) in [7, 11) is 0. The number of carbonyl (C=O) groups excluding carboxylic acids is 1. The molecule has 0 saturated carbocycles. The summed E-state index contributed by atoms with van der Waals surface area (Å²) in [5.74, 6) is -1.06. The smallest absolute Gasteiger partial charge is 0.335 e. The fourth-order valence-electron chi connectivity index (χ4n) is 4.37. The Bertz CT molecular complexity index is 1360. The number of fused-ring (bicyclic) bond motifs is 1. The van der Waals surface area contributed by atoms with Gasteiger partial charge in [0.1, 0.15) is 5.75 Å². The molecule has 1 amide bonds. The minimum atomic E-state index is -0.951. The monoisotopic (exact) mass is 470 g/mol. The van der Waals surface area contributed by atoms with Gasteiger partial charge in [0.2, 0.25) is 0 Å². The maximum atomic E-state index is 12.6. The zero-order valence-corrected chi connectivity index (χ0v) is 20.0. The summed E-state index contributed by atoms with van der Waals surface area (Å²) in [6.45, 7) is 5.13. The van der Waals surface area contributed by atoms with Gasteiger partial charge in [-0.1, -0.05) is 62.4 Å². The number of hydrogen-bond acceptors (Lipinski definition) is 3. The van der Waals surface area contributed by atoms with Crippen molar-refractivity contribution in [3.05, 3.63) is 89.6 Å². The highest BCUT2D eigenvalue weighted by Gasteiger charge is 2.16. The van der Waals surface area contributed by atoms with E-state index in [1.54, 1.807) is 24.3 Å². The molecule has 4 aromatic rings. The van der Waals surface area contributed by atoms with Crippen molar-refractivity contribution < 1.29 is 19.8 Å². The van der Waals surface area contributed by atoms with Crippen molar-refractivity contribution in [3.8, 4) is 16.9 Å². The maximum absolute atomic E-state index is 12.6. The second-order valence-electron chi connectivity index (χ2n) is 9.00. The number of carboxylic acids is 1. The van der Waals surface area contributed by atoms with Gasteiger partial charge in [-0.15, -0.1) is 0 Å². The molecule has 1 heterocycles. The fourth-order valence-corrected chi connectivity index (χ4v) is 4.37. The molecule has 0 aliphatic carbocycles. The van der Waals surface area contributed by atoms with Gasteiger partial charge in [-0.05, 0) is 48.1 Å². The van der Waals surface area contributed by atoms with Gasteiger partial charge in [0.15, 0.2) is 0 Å². The van der Waals surface area contributed by atoms with E-state index in [0.717, 1.165) is 40.4 Å². The Morgan fingerprint density at radius 2 is 1.74 bits per heavy atom. The lowest BCUT2D eigenvalue weighted by molar-refractivity contribution is 0.0696. The predicted molar refractivity (Wildman–Crippen MR) is 138 cm³/mol. The number of aromatic hydroxyl groups is 1. The Morgan fingerprint density at radius 1 is 0.971 bits per heavy atom. The Kier molecular flexibility index (Phi) is 7.20. The number of phenols is 1. The van der Waals surface area contributed by atoms with E-state index in [1.165, 1.54) is 0 Å². The van der Waals surface area contributed by atoms with Crippen molar-refractivity contribution in [2.24, 2.45) is 0 Å². The Hall–Kier alpha value is -4.06. The van der Waals surface area contributed by atoms with Crippen molar-refractivity contribution >= 4 is 22.8 Å². The quantitative estimate of drug-likeness (QED) is 0.260. The minimum absolute atomic E-state index is 0.0430. The van der Waals surface area contributed by atoms with Crippen LogP contribution < -0.4 is 5.32 Å². The molecule has 6 heteroatoms. The predicted octanol–water partition coefficient (Wildman–Crippen LogP) is 6.05. The first-order chi connectivity index (χ1) is 16.9. The second-order valence-corrected chi connectivity index (χ2v) is 9.00. The van der Waals surface area contributed by atoms with Crippen LogP contribution in [0.5, 0.6) is 5.75 Å². The number of amides is 1. The van der Waals surface area contributed by atoms with E-state index in [4.69, 9.17) is 0 Å². The molecule has 3 N–H and O–H groups in total. The number of rotatable bonds is 9. The lowest BCUT2D eigenvalue weighted by Gasteiger charge is -2.12. The Labute approximate surface area is 204 Å². The van der Waals surface area contributed by atoms with Crippen LogP contribution in [0.1, 0.15) is 58.9 Å². The number of carboxylic acid groups (broad SMARTS) is 1. The third-order valence-electron chi connectivity index (χ3n) is 6.26. The molecule has 4 rings (SSSR count). The summed E-state index contributed by atoms with van der Waals surface area (Å²) >= 11 is 0. The van der Waals surface area contributed by atoms with Crippen LogP contribution in [0.2, 0.25) is 0 Å². The third-order valence-corrected chi connectivity index (χ3v) is 6.26.